The molecule has 0 bridgehead atoms. The van der Waals surface area contributed by atoms with Crippen LogP contribution in [0.25, 0.3) is 0 Å². The molecule has 0 aliphatic heterocycles. The van der Waals surface area contributed by atoms with Crippen molar-refractivity contribution < 1.29 is 4.79 Å². The second kappa shape index (κ2) is 3.28. The van der Waals surface area contributed by atoms with E-state index < -0.39 is 4.84 Å². The molecular formula is C4H6Cl2O. The first-order valence-electron chi connectivity index (χ1n) is 1.99. The Labute approximate surface area is 52.6 Å². The molecule has 0 N–H and O–H groups in total. The summed E-state index contributed by atoms with van der Waals surface area (Å²) in [4.78, 5) is 9.42. The van der Waals surface area contributed by atoms with E-state index in [1.54, 1.807) is 6.92 Å². The predicted octanol–water partition coefficient (Wildman–Crippen LogP) is 1.77. The van der Waals surface area contributed by atoms with Gasteiger partial charge in [0.1, 0.15) is 0 Å². The zero-order valence-corrected chi connectivity index (χ0v) is 5.46. The highest BCUT2D eigenvalue weighted by molar-refractivity contribution is 6.53. The molecule has 0 unspecified atom stereocenters. The number of hydrogen-bond donors (Lipinski definition) is 0. The average molecular weight is 141 g/mol. The van der Waals surface area contributed by atoms with Crippen molar-refractivity contribution >= 4 is 29.0 Å². The maximum absolute atomic E-state index is 10.2. The van der Waals surface area contributed by atoms with Gasteiger partial charge in [-0.3, -0.25) is 4.79 Å². The Bertz CT molecular complexity index is 70.1. The number of halogens is 2. The molecule has 1 nitrogen and oxygen atoms in total. The Morgan fingerprint density at radius 1 is 1.71 bits per heavy atom. The van der Waals surface area contributed by atoms with Gasteiger partial charge >= 0.3 is 0 Å². The third-order valence-corrected chi connectivity index (χ3v) is 1.08. The van der Waals surface area contributed by atoms with Gasteiger partial charge in [-0.2, -0.15) is 0 Å². The van der Waals surface area contributed by atoms with Crippen LogP contribution in [-0.2, 0) is 4.79 Å². The molecule has 0 aromatic heterocycles. The number of alkyl halides is 2. The fourth-order valence-electron chi connectivity index (χ4n) is 0.154. The summed E-state index contributed by atoms with van der Waals surface area (Å²) >= 11 is 10.3. The lowest BCUT2D eigenvalue weighted by atomic mass is 10.3. The first-order chi connectivity index (χ1) is 3.18. The van der Waals surface area contributed by atoms with Gasteiger partial charge in [-0.1, -0.05) is 30.1 Å². The zero-order chi connectivity index (χ0) is 5.86. The van der Waals surface area contributed by atoms with Crippen LogP contribution in [0.5, 0.6) is 0 Å². The molecule has 0 saturated carbocycles. The summed E-state index contributed by atoms with van der Waals surface area (Å²) in [7, 11) is 0. The van der Waals surface area contributed by atoms with Gasteiger partial charge in [-0.25, -0.2) is 0 Å². The van der Waals surface area contributed by atoms with Crippen LogP contribution in [0.15, 0.2) is 0 Å². The lowest BCUT2D eigenvalue weighted by molar-refractivity contribution is -0.117. The van der Waals surface area contributed by atoms with E-state index in [0.29, 0.717) is 6.42 Å². The maximum Gasteiger partial charge on any atom is 0.165 e. The predicted molar refractivity (Wildman–Crippen MR) is 30.8 cm³/mol. The topological polar surface area (TPSA) is 17.1 Å². The van der Waals surface area contributed by atoms with Crippen molar-refractivity contribution in [2.75, 3.05) is 0 Å². The zero-order valence-electron chi connectivity index (χ0n) is 3.95. The number of Topliss-reactive ketones (excluding diaryl/α,β-unsaturated/α-hetero) is 1. The second-order valence-corrected chi connectivity index (χ2v) is 2.22. The van der Waals surface area contributed by atoms with Crippen molar-refractivity contribution in [3.05, 3.63) is 0 Å². The SMILES string of the molecule is CCC(=O)C(Cl)Cl. The van der Waals surface area contributed by atoms with Crippen molar-refractivity contribution in [3.8, 4) is 0 Å². The monoisotopic (exact) mass is 140 g/mol. The van der Waals surface area contributed by atoms with E-state index in [2.05, 4.69) is 0 Å². The molecule has 42 valence electrons. The van der Waals surface area contributed by atoms with Gasteiger partial charge in [0.25, 0.3) is 0 Å². The van der Waals surface area contributed by atoms with Crippen molar-refractivity contribution in [1.82, 2.24) is 0 Å². The van der Waals surface area contributed by atoms with E-state index in [4.69, 9.17) is 23.2 Å². The van der Waals surface area contributed by atoms with Crippen LogP contribution in [-0.4, -0.2) is 10.6 Å². The van der Waals surface area contributed by atoms with Gasteiger partial charge in [0, 0.05) is 6.42 Å². The molecule has 0 aliphatic rings. The van der Waals surface area contributed by atoms with Gasteiger partial charge < -0.3 is 0 Å². The van der Waals surface area contributed by atoms with Crippen LogP contribution >= 0.6 is 23.2 Å². The molecule has 0 aromatic carbocycles. The van der Waals surface area contributed by atoms with E-state index in [9.17, 15) is 4.79 Å². The van der Waals surface area contributed by atoms with Crippen LogP contribution in [0.3, 0.4) is 0 Å². The largest absolute Gasteiger partial charge is 0.297 e. The van der Waals surface area contributed by atoms with Gasteiger partial charge in [-0.05, 0) is 0 Å². The fourth-order valence-corrected chi connectivity index (χ4v) is 0.463. The lowest BCUT2D eigenvalue weighted by Crippen LogP contribution is -2.04. The molecule has 0 spiro atoms. The smallest absolute Gasteiger partial charge is 0.165 e. The molecule has 0 fully saturated rings. The van der Waals surface area contributed by atoms with Crippen molar-refractivity contribution in [2.24, 2.45) is 0 Å². The highest BCUT2D eigenvalue weighted by atomic mass is 35.5. The Morgan fingerprint density at radius 3 is 2.14 bits per heavy atom. The Balaban J connectivity index is 3.35. The standard InChI is InChI=1S/C4H6Cl2O/c1-2-3(7)4(5)6/h4H,2H2,1H3. The minimum absolute atomic E-state index is 0.122. The number of hydrogen-bond acceptors (Lipinski definition) is 1. The van der Waals surface area contributed by atoms with Gasteiger partial charge in [0.05, 0.1) is 0 Å². The van der Waals surface area contributed by atoms with Gasteiger partial charge in [0.15, 0.2) is 10.6 Å². The summed E-state index contributed by atoms with van der Waals surface area (Å²) in [5, 5.41) is 0. The van der Waals surface area contributed by atoms with Gasteiger partial charge in [0.2, 0.25) is 0 Å². The van der Waals surface area contributed by atoms with Crippen molar-refractivity contribution in [2.45, 2.75) is 18.2 Å². The summed E-state index contributed by atoms with van der Waals surface area (Å²) < 4.78 is 0. The van der Waals surface area contributed by atoms with E-state index in [-0.39, 0.29) is 5.78 Å². The molecule has 0 rings (SSSR count). The third kappa shape index (κ3) is 2.89. The molecule has 0 aromatic rings. The minimum atomic E-state index is -0.829. The van der Waals surface area contributed by atoms with Crippen molar-refractivity contribution in [3.63, 3.8) is 0 Å². The summed E-state index contributed by atoms with van der Waals surface area (Å²) in [5.74, 6) is -0.122. The number of carbonyl (C=O) groups excluding carboxylic acids is 1. The molecule has 0 saturated heterocycles. The van der Waals surface area contributed by atoms with E-state index in [1.165, 1.54) is 0 Å². The van der Waals surface area contributed by atoms with E-state index in [0.717, 1.165) is 0 Å². The molecule has 0 heterocycles. The van der Waals surface area contributed by atoms with Crippen LogP contribution in [0.1, 0.15) is 13.3 Å². The number of ketones is 1. The summed E-state index contributed by atoms with van der Waals surface area (Å²) in [5.41, 5.74) is 0. The molecule has 7 heavy (non-hydrogen) atoms. The van der Waals surface area contributed by atoms with Crippen LogP contribution < -0.4 is 0 Å². The molecule has 0 atom stereocenters. The van der Waals surface area contributed by atoms with Gasteiger partial charge in [-0.15, -0.1) is 0 Å². The Hall–Kier alpha value is 0.250. The highest BCUT2D eigenvalue weighted by Gasteiger charge is 2.06. The van der Waals surface area contributed by atoms with E-state index >= 15 is 0 Å². The maximum atomic E-state index is 10.2. The van der Waals surface area contributed by atoms with Crippen LogP contribution in [0.4, 0.5) is 0 Å². The molecular weight excluding hydrogens is 135 g/mol. The first kappa shape index (κ1) is 7.25. The Kier molecular flexibility index (Phi) is 3.39. The van der Waals surface area contributed by atoms with Crippen LogP contribution in [0.2, 0.25) is 0 Å². The Morgan fingerprint density at radius 2 is 2.14 bits per heavy atom. The molecule has 0 aliphatic carbocycles. The van der Waals surface area contributed by atoms with E-state index in [1.807, 2.05) is 0 Å². The number of rotatable bonds is 2. The highest BCUT2D eigenvalue weighted by Crippen LogP contribution is 2.03. The fraction of sp³-hybridized carbons (Fsp3) is 0.750. The normalized spacial score (nSPS) is 9.71. The summed E-state index contributed by atoms with van der Waals surface area (Å²) in [6.45, 7) is 1.72. The lowest BCUT2D eigenvalue weighted by Gasteiger charge is -1.91. The summed E-state index contributed by atoms with van der Waals surface area (Å²) in [6.07, 6.45) is 0.414. The minimum Gasteiger partial charge on any atom is -0.297 e. The molecule has 0 radical (unpaired) electrons. The third-order valence-electron chi connectivity index (χ3n) is 0.592. The number of carbonyl (C=O) groups is 1. The summed E-state index contributed by atoms with van der Waals surface area (Å²) in [6, 6.07) is 0. The quantitative estimate of drug-likeness (QED) is 0.535. The first-order valence-corrected chi connectivity index (χ1v) is 2.86. The second-order valence-electron chi connectivity index (χ2n) is 1.12. The average Bonchev–Trinajstić information content (AvgIpc) is 1.65. The van der Waals surface area contributed by atoms with Crippen LogP contribution in [0, 0.1) is 0 Å². The van der Waals surface area contributed by atoms with Crippen molar-refractivity contribution in [1.29, 1.82) is 0 Å². The molecule has 3 heteroatoms. The molecule has 0 amide bonds.